The third-order valence-electron chi connectivity index (χ3n) is 4.72. The Hall–Kier alpha value is -3.26. The van der Waals surface area contributed by atoms with Gasteiger partial charge in [-0.2, -0.15) is 10.5 Å². The maximum atomic E-state index is 12.2. The number of nitriles is 2. The summed E-state index contributed by atoms with van der Waals surface area (Å²) >= 11 is 0. The highest BCUT2D eigenvalue weighted by Gasteiger charge is 2.90. The number of benzene rings is 1. The number of amides is 2. The van der Waals surface area contributed by atoms with Gasteiger partial charge in [0.2, 0.25) is 17.6 Å². The molecule has 1 N–H and O–H groups in total. The molecule has 24 heavy (non-hydrogen) atoms. The SMILES string of the molecule is COc1cc(C2[C@@]3(C#N)C(=O)NC(=O)[C@]23C#N)cc(OC)c1OC. The number of carbonyl (C=O) groups is 2. The zero-order valence-corrected chi connectivity index (χ0v) is 13.2. The largest absolute Gasteiger partial charge is 0.493 e. The summed E-state index contributed by atoms with van der Waals surface area (Å²) in [5.41, 5.74) is -3.04. The smallest absolute Gasteiger partial charge is 0.250 e. The summed E-state index contributed by atoms with van der Waals surface area (Å²) in [5, 5.41) is 21.1. The molecule has 0 spiro atoms. The van der Waals surface area contributed by atoms with Crippen LogP contribution < -0.4 is 19.5 Å². The molecule has 0 bridgehead atoms. The lowest BCUT2D eigenvalue weighted by atomic mass is 9.98. The average molecular weight is 327 g/mol. The second-order valence-electron chi connectivity index (χ2n) is 5.51. The zero-order valence-electron chi connectivity index (χ0n) is 13.2. The van der Waals surface area contributed by atoms with Gasteiger partial charge >= 0.3 is 0 Å². The van der Waals surface area contributed by atoms with Crippen LogP contribution in [-0.2, 0) is 9.59 Å². The van der Waals surface area contributed by atoms with Crippen LogP contribution in [0.5, 0.6) is 17.2 Å². The second-order valence-corrected chi connectivity index (χ2v) is 5.51. The van der Waals surface area contributed by atoms with Crippen molar-refractivity contribution in [3.05, 3.63) is 17.7 Å². The minimum Gasteiger partial charge on any atom is -0.493 e. The van der Waals surface area contributed by atoms with Gasteiger partial charge in [-0.05, 0) is 17.7 Å². The van der Waals surface area contributed by atoms with Crippen molar-refractivity contribution in [3.63, 3.8) is 0 Å². The molecule has 2 amide bonds. The van der Waals surface area contributed by atoms with Crippen molar-refractivity contribution in [1.29, 1.82) is 10.5 Å². The average Bonchev–Trinajstić information content (AvgIpc) is 3.17. The number of piperidine rings is 1. The molecule has 1 heterocycles. The number of hydrogen-bond acceptors (Lipinski definition) is 7. The molecule has 1 saturated heterocycles. The van der Waals surface area contributed by atoms with E-state index in [9.17, 15) is 20.1 Å². The van der Waals surface area contributed by atoms with Crippen LogP contribution in [0.3, 0.4) is 0 Å². The fraction of sp³-hybridized carbons (Fsp3) is 0.375. The van der Waals surface area contributed by atoms with E-state index in [1.54, 1.807) is 12.1 Å². The fourth-order valence-corrected chi connectivity index (χ4v) is 3.57. The summed E-state index contributed by atoms with van der Waals surface area (Å²) < 4.78 is 15.7. The Morgan fingerprint density at radius 3 is 1.75 bits per heavy atom. The van der Waals surface area contributed by atoms with Gasteiger partial charge in [-0.1, -0.05) is 0 Å². The first kappa shape index (κ1) is 15.6. The molecule has 1 aliphatic carbocycles. The maximum absolute atomic E-state index is 12.2. The van der Waals surface area contributed by atoms with Crippen molar-refractivity contribution >= 4 is 11.8 Å². The Morgan fingerprint density at radius 1 is 0.958 bits per heavy atom. The highest BCUT2D eigenvalue weighted by atomic mass is 16.5. The zero-order chi connectivity index (χ0) is 17.7. The van der Waals surface area contributed by atoms with E-state index in [1.807, 2.05) is 12.1 Å². The van der Waals surface area contributed by atoms with E-state index in [-0.39, 0.29) is 0 Å². The van der Waals surface area contributed by atoms with Gasteiger partial charge in [0.25, 0.3) is 0 Å². The molecule has 2 aliphatic rings. The number of nitrogens with zero attached hydrogens (tertiary/aromatic N) is 2. The molecular formula is C16H13N3O5. The van der Waals surface area contributed by atoms with Crippen molar-refractivity contribution < 1.29 is 23.8 Å². The fourth-order valence-electron chi connectivity index (χ4n) is 3.57. The van der Waals surface area contributed by atoms with Crippen molar-refractivity contribution in [3.8, 4) is 29.4 Å². The van der Waals surface area contributed by atoms with Gasteiger partial charge in [0.1, 0.15) is 0 Å². The van der Waals surface area contributed by atoms with Crippen LogP contribution in [0, 0.1) is 33.5 Å². The van der Waals surface area contributed by atoms with Crippen molar-refractivity contribution in [2.24, 2.45) is 10.8 Å². The Labute approximate surface area is 137 Å². The van der Waals surface area contributed by atoms with Gasteiger partial charge in [0, 0.05) is 5.92 Å². The predicted octanol–water partition coefficient (Wildman–Crippen LogP) is 0.486. The number of methoxy groups -OCH3 is 3. The Bertz CT molecular complexity index is 789. The van der Waals surface area contributed by atoms with Crippen molar-refractivity contribution in [1.82, 2.24) is 5.32 Å². The normalized spacial score (nSPS) is 29.8. The molecule has 8 nitrogen and oxygen atoms in total. The second kappa shape index (κ2) is 4.87. The number of ether oxygens (including phenoxy) is 3. The highest BCUT2D eigenvalue weighted by Crippen LogP contribution is 2.76. The number of hydrogen-bond donors (Lipinski definition) is 1. The number of rotatable bonds is 4. The van der Waals surface area contributed by atoms with Crippen molar-refractivity contribution in [2.75, 3.05) is 21.3 Å². The third-order valence-corrected chi connectivity index (χ3v) is 4.72. The number of nitrogens with one attached hydrogen (secondary N) is 1. The molecule has 2 fully saturated rings. The third kappa shape index (κ3) is 1.45. The van der Waals surface area contributed by atoms with Crippen LogP contribution >= 0.6 is 0 Å². The molecule has 122 valence electrons. The predicted molar refractivity (Wildman–Crippen MR) is 78.1 cm³/mol. The van der Waals surface area contributed by atoms with Gasteiger partial charge in [-0.25, -0.2) is 0 Å². The summed E-state index contributed by atoms with van der Waals surface area (Å²) in [6.07, 6.45) is 0. The monoisotopic (exact) mass is 327 g/mol. The van der Waals surface area contributed by atoms with Gasteiger partial charge in [-0.3, -0.25) is 14.9 Å². The summed E-state index contributed by atoms with van der Waals surface area (Å²) in [6.45, 7) is 0. The van der Waals surface area contributed by atoms with E-state index >= 15 is 0 Å². The lowest BCUT2D eigenvalue weighted by Gasteiger charge is -2.15. The lowest BCUT2D eigenvalue weighted by Crippen LogP contribution is -2.31. The molecule has 3 rings (SSSR count). The van der Waals surface area contributed by atoms with E-state index in [4.69, 9.17) is 14.2 Å². The van der Waals surface area contributed by atoms with Crippen LogP contribution in [0.2, 0.25) is 0 Å². The first-order chi connectivity index (χ1) is 11.5. The van der Waals surface area contributed by atoms with Gasteiger partial charge in [0.15, 0.2) is 22.3 Å². The summed E-state index contributed by atoms with van der Waals surface area (Å²) in [4.78, 5) is 24.3. The first-order valence-electron chi connectivity index (χ1n) is 6.96. The number of imide groups is 1. The molecular weight excluding hydrogens is 314 g/mol. The van der Waals surface area contributed by atoms with Gasteiger partial charge < -0.3 is 14.2 Å². The van der Waals surface area contributed by atoms with E-state index in [0.29, 0.717) is 22.8 Å². The van der Waals surface area contributed by atoms with Crippen LogP contribution in [-0.4, -0.2) is 33.1 Å². The molecule has 2 atom stereocenters. The quantitative estimate of drug-likeness (QED) is 0.798. The van der Waals surface area contributed by atoms with Crippen LogP contribution in [0.25, 0.3) is 0 Å². The van der Waals surface area contributed by atoms with E-state index < -0.39 is 28.6 Å². The minimum atomic E-state index is -1.73. The topological polar surface area (TPSA) is 121 Å². The number of carbonyl (C=O) groups excluding carboxylic acids is 2. The molecule has 8 heteroatoms. The highest BCUT2D eigenvalue weighted by molar-refractivity contribution is 6.19. The minimum absolute atomic E-state index is 0.311. The van der Waals surface area contributed by atoms with Crippen LogP contribution in [0.4, 0.5) is 0 Å². The van der Waals surface area contributed by atoms with E-state index in [2.05, 4.69) is 5.32 Å². The Morgan fingerprint density at radius 2 is 1.42 bits per heavy atom. The van der Waals surface area contributed by atoms with E-state index in [1.165, 1.54) is 21.3 Å². The summed E-state index contributed by atoms with van der Waals surface area (Å²) in [7, 11) is 4.29. The maximum Gasteiger partial charge on any atom is 0.250 e. The first-order valence-corrected chi connectivity index (χ1v) is 6.96. The Kier molecular flexibility index (Phi) is 3.17. The molecule has 0 radical (unpaired) electrons. The Balaban J connectivity index is 2.22. The van der Waals surface area contributed by atoms with Crippen LogP contribution in [0.15, 0.2) is 12.1 Å². The molecule has 0 aromatic heterocycles. The van der Waals surface area contributed by atoms with E-state index in [0.717, 1.165) is 0 Å². The molecule has 1 aromatic rings. The molecule has 0 unspecified atom stereocenters. The van der Waals surface area contributed by atoms with Gasteiger partial charge in [-0.15, -0.1) is 0 Å². The molecule has 1 aromatic carbocycles. The standard InChI is InChI=1S/C16H13N3O5/c1-22-9-4-8(5-10(23-2)11(9)24-3)12-15(6-17)13(20)19-14(21)16(12,15)7-18/h4-5,12H,1-3H3,(H,19,20,21)/t15-,16-/m0/s1. The molecule has 1 saturated carbocycles. The summed E-state index contributed by atoms with van der Waals surface area (Å²) in [5.74, 6) is -1.44. The lowest BCUT2D eigenvalue weighted by molar-refractivity contribution is -0.128. The van der Waals surface area contributed by atoms with Crippen LogP contribution in [0.1, 0.15) is 11.5 Å². The van der Waals surface area contributed by atoms with Gasteiger partial charge in [0.05, 0.1) is 33.5 Å². The summed E-state index contributed by atoms with van der Waals surface area (Å²) in [6, 6.07) is 6.83. The number of fused-ring (bicyclic) bond motifs is 1. The van der Waals surface area contributed by atoms with Crippen molar-refractivity contribution in [2.45, 2.75) is 5.92 Å². The molecule has 1 aliphatic heterocycles.